The molecule has 3 rings (SSSR count). The van der Waals surface area contributed by atoms with Gasteiger partial charge in [-0.05, 0) is 29.3 Å². The Morgan fingerprint density at radius 1 is 1.07 bits per heavy atom. The van der Waals surface area contributed by atoms with Crippen molar-refractivity contribution in [3.05, 3.63) is 83.0 Å². The molecule has 3 aromatic rings. The van der Waals surface area contributed by atoms with Crippen LogP contribution in [0.5, 0.6) is 0 Å². The molecule has 1 amide bonds. The first-order chi connectivity index (χ1) is 13.1. The van der Waals surface area contributed by atoms with Crippen molar-refractivity contribution < 1.29 is 18.7 Å². The molecule has 0 saturated carbocycles. The van der Waals surface area contributed by atoms with Gasteiger partial charge in [-0.3, -0.25) is 4.79 Å². The first-order valence-electron chi connectivity index (χ1n) is 8.08. The van der Waals surface area contributed by atoms with Crippen molar-refractivity contribution in [1.29, 1.82) is 0 Å². The van der Waals surface area contributed by atoms with Crippen LogP contribution in [0.15, 0.2) is 66.1 Å². The summed E-state index contributed by atoms with van der Waals surface area (Å²) < 4.78 is 18.0. The Hall–Kier alpha value is -3.25. The fourth-order valence-corrected chi connectivity index (χ4v) is 3.45. The van der Waals surface area contributed by atoms with E-state index >= 15 is 0 Å². The molecule has 1 N–H and O–H groups in total. The lowest BCUT2D eigenvalue weighted by atomic mass is 10.0. The summed E-state index contributed by atoms with van der Waals surface area (Å²) in [4.78, 5) is 24.5. The van der Waals surface area contributed by atoms with Crippen molar-refractivity contribution >= 4 is 34.3 Å². The van der Waals surface area contributed by atoms with Crippen molar-refractivity contribution in [1.82, 2.24) is 0 Å². The van der Waals surface area contributed by atoms with Crippen LogP contribution in [0.3, 0.4) is 0 Å². The second-order valence-corrected chi connectivity index (χ2v) is 6.46. The van der Waals surface area contributed by atoms with Gasteiger partial charge < -0.3 is 10.1 Å². The molecule has 0 unspecified atom stereocenters. The minimum Gasteiger partial charge on any atom is -0.465 e. The summed E-state index contributed by atoms with van der Waals surface area (Å²) in [5.41, 5.74) is 2.37. The van der Waals surface area contributed by atoms with Gasteiger partial charge in [-0.25, -0.2) is 9.18 Å². The average molecular weight is 381 g/mol. The number of esters is 1. The summed E-state index contributed by atoms with van der Waals surface area (Å²) in [6, 6.07) is 15.2. The van der Waals surface area contributed by atoms with Gasteiger partial charge in [-0.2, -0.15) is 0 Å². The Morgan fingerprint density at radius 3 is 2.44 bits per heavy atom. The molecule has 0 aliphatic heterocycles. The van der Waals surface area contributed by atoms with Gasteiger partial charge in [0.25, 0.3) is 0 Å². The predicted molar refractivity (Wildman–Crippen MR) is 105 cm³/mol. The van der Waals surface area contributed by atoms with Crippen molar-refractivity contribution in [2.24, 2.45) is 0 Å². The van der Waals surface area contributed by atoms with Crippen LogP contribution in [0.25, 0.3) is 17.2 Å². The third kappa shape index (κ3) is 4.48. The summed E-state index contributed by atoms with van der Waals surface area (Å²) in [6.45, 7) is 0. The van der Waals surface area contributed by atoms with Gasteiger partial charge in [-0.1, -0.05) is 42.5 Å². The van der Waals surface area contributed by atoms with Crippen molar-refractivity contribution in [2.75, 3.05) is 12.4 Å². The van der Waals surface area contributed by atoms with Gasteiger partial charge in [0.05, 0.1) is 7.11 Å². The smallest absolute Gasteiger partial charge is 0.341 e. The molecular formula is C21H16FNO3S. The number of methoxy groups -OCH3 is 1. The number of carbonyl (C=O) groups excluding carboxylic acids is 2. The molecule has 2 aromatic carbocycles. The highest BCUT2D eigenvalue weighted by molar-refractivity contribution is 7.15. The zero-order valence-electron chi connectivity index (χ0n) is 14.4. The second kappa shape index (κ2) is 8.42. The SMILES string of the molecule is COC(=O)c1c(-c2ccc(F)cc2)csc1NC(=O)C=Cc1ccccc1. The van der Waals surface area contributed by atoms with Crippen LogP contribution in [0, 0.1) is 5.82 Å². The molecule has 0 radical (unpaired) electrons. The standard InChI is InChI=1S/C21H16FNO3S/c1-26-21(25)19-17(15-8-10-16(22)11-9-15)13-27-20(19)23-18(24)12-7-14-5-3-2-4-6-14/h2-13H,1H3,(H,23,24). The molecule has 6 heteroatoms. The maximum atomic E-state index is 13.2. The molecule has 0 bridgehead atoms. The Kier molecular flexibility index (Phi) is 5.78. The average Bonchev–Trinajstić information content (AvgIpc) is 3.10. The minimum absolute atomic E-state index is 0.246. The van der Waals surface area contributed by atoms with E-state index in [2.05, 4.69) is 5.32 Å². The van der Waals surface area contributed by atoms with Gasteiger partial charge in [0.15, 0.2) is 0 Å². The van der Waals surface area contributed by atoms with E-state index in [1.165, 1.54) is 36.7 Å². The molecular weight excluding hydrogens is 365 g/mol. The van der Waals surface area contributed by atoms with Crippen molar-refractivity contribution in [3.63, 3.8) is 0 Å². The number of anilines is 1. The topological polar surface area (TPSA) is 55.4 Å². The number of carbonyl (C=O) groups is 2. The van der Waals surface area contributed by atoms with Crippen molar-refractivity contribution in [2.45, 2.75) is 0 Å². The molecule has 27 heavy (non-hydrogen) atoms. The van der Waals surface area contributed by atoms with E-state index in [9.17, 15) is 14.0 Å². The molecule has 0 aliphatic rings. The van der Waals surface area contributed by atoms with E-state index in [0.29, 0.717) is 16.1 Å². The summed E-state index contributed by atoms with van der Waals surface area (Å²) in [7, 11) is 1.27. The fourth-order valence-electron chi connectivity index (χ4n) is 2.49. The molecule has 0 spiro atoms. The highest BCUT2D eigenvalue weighted by atomic mass is 32.1. The third-order valence-electron chi connectivity index (χ3n) is 3.80. The molecule has 0 aliphatic carbocycles. The van der Waals surface area contributed by atoms with E-state index in [0.717, 1.165) is 5.56 Å². The molecule has 136 valence electrons. The van der Waals surface area contributed by atoms with Crippen LogP contribution in [0.2, 0.25) is 0 Å². The summed E-state index contributed by atoms with van der Waals surface area (Å²) >= 11 is 1.21. The number of nitrogens with one attached hydrogen (secondary N) is 1. The fraction of sp³-hybridized carbons (Fsp3) is 0.0476. The number of hydrogen-bond acceptors (Lipinski definition) is 4. The van der Waals surface area contributed by atoms with Crippen LogP contribution in [-0.2, 0) is 9.53 Å². The maximum Gasteiger partial charge on any atom is 0.341 e. The van der Waals surface area contributed by atoms with Gasteiger partial charge in [0, 0.05) is 17.0 Å². The predicted octanol–water partition coefficient (Wildman–Crippen LogP) is 4.99. The molecule has 4 nitrogen and oxygen atoms in total. The van der Waals surface area contributed by atoms with E-state index in [1.807, 2.05) is 30.3 Å². The van der Waals surface area contributed by atoms with Crippen LogP contribution in [0.4, 0.5) is 9.39 Å². The van der Waals surface area contributed by atoms with Gasteiger partial charge in [-0.15, -0.1) is 11.3 Å². The molecule has 0 fully saturated rings. The van der Waals surface area contributed by atoms with E-state index < -0.39 is 5.97 Å². The Bertz CT molecular complexity index is 978. The highest BCUT2D eigenvalue weighted by Crippen LogP contribution is 2.36. The summed E-state index contributed by atoms with van der Waals surface area (Å²) in [5.74, 6) is -1.30. The Balaban J connectivity index is 1.87. The number of thiophene rings is 1. The van der Waals surface area contributed by atoms with Crippen LogP contribution >= 0.6 is 11.3 Å². The quantitative estimate of drug-likeness (QED) is 0.500. The lowest BCUT2D eigenvalue weighted by Gasteiger charge is -2.06. The molecule has 1 heterocycles. The van der Waals surface area contributed by atoms with E-state index in [1.54, 1.807) is 23.6 Å². The normalized spacial score (nSPS) is 10.7. The molecule has 0 atom stereocenters. The monoisotopic (exact) mass is 381 g/mol. The second-order valence-electron chi connectivity index (χ2n) is 5.59. The van der Waals surface area contributed by atoms with Crippen LogP contribution in [-0.4, -0.2) is 19.0 Å². The minimum atomic E-state index is -0.571. The van der Waals surface area contributed by atoms with Gasteiger partial charge in [0.2, 0.25) is 5.91 Å². The Labute approximate surface area is 159 Å². The first-order valence-corrected chi connectivity index (χ1v) is 8.96. The number of benzene rings is 2. The first kappa shape index (κ1) is 18.5. The van der Waals surface area contributed by atoms with Crippen LogP contribution in [0.1, 0.15) is 15.9 Å². The lowest BCUT2D eigenvalue weighted by molar-refractivity contribution is -0.111. The lowest BCUT2D eigenvalue weighted by Crippen LogP contribution is -2.11. The zero-order chi connectivity index (χ0) is 19.2. The van der Waals surface area contributed by atoms with Crippen LogP contribution < -0.4 is 5.32 Å². The van der Waals surface area contributed by atoms with E-state index in [4.69, 9.17) is 4.74 Å². The summed E-state index contributed by atoms with van der Waals surface area (Å²) in [6.07, 6.45) is 3.08. The van der Waals surface area contributed by atoms with E-state index in [-0.39, 0.29) is 17.3 Å². The molecule has 1 aromatic heterocycles. The maximum absolute atomic E-state index is 13.2. The highest BCUT2D eigenvalue weighted by Gasteiger charge is 2.21. The Morgan fingerprint density at radius 2 is 1.78 bits per heavy atom. The third-order valence-corrected chi connectivity index (χ3v) is 4.69. The molecule has 0 saturated heterocycles. The summed E-state index contributed by atoms with van der Waals surface area (Å²) in [5, 5.41) is 4.83. The number of rotatable bonds is 5. The number of hydrogen-bond donors (Lipinski definition) is 1. The zero-order valence-corrected chi connectivity index (χ0v) is 15.3. The van der Waals surface area contributed by atoms with Gasteiger partial charge >= 0.3 is 5.97 Å². The van der Waals surface area contributed by atoms with Gasteiger partial charge in [0.1, 0.15) is 16.4 Å². The largest absolute Gasteiger partial charge is 0.465 e. The number of ether oxygens (including phenoxy) is 1. The number of halogens is 1. The van der Waals surface area contributed by atoms with Crippen molar-refractivity contribution in [3.8, 4) is 11.1 Å². The number of amides is 1.